The highest BCUT2D eigenvalue weighted by molar-refractivity contribution is 6.27. The zero-order valence-corrected chi connectivity index (χ0v) is 13.6. The molecule has 2 fully saturated rings. The van der Waals surface area contributed by atoms with Gasteiger partial charge < -0.3 is 5.73 Å². The molecule has 0 aliphatic heterocycles. The molecule has 0 aromatic heterocycles. The van der Waals surface area contributed by atoms with Gasteiger partial charge in [-0.25, -0.2) is 0 Å². The van der Waals surface area contributed by atoms with Crippen molar-refractivity contribution in [2.45, 2.75) is 18.9 Å². The van der Waals surface area contributed by atoms with E-state index in [0.717, 1.165) is 0 Å². The van der Waals surface area contributed by atoms with E-state index >= 15 is 0 Å². The maximum Gasteiger partial charge on any atom is 0.235 e. The molecule has 2 N–H and O–H groups in total. The Morgan fingerprint density at radius 3 is 2.33 bits per heavy atom. The molecule has 0 bridgehead atoms. The van der Waals surface area contributed by atoms with Gasteiger partial charge in [-0.15, -0.1) is 0 Å². The number of carbonyl (C=O) groups is 5. The average molecular weight is 332 g/mol. The van der Waals surface area contributed by atoms with E-state index in [1.54, 1.807) is 25.1 Å². The third-order valence-electron chi connectivity index (χ3n) is 5.48. The molecule has 24 heavy (non-hydrogen) atoms. The van der Waals surface area contributed by atoms with Gasteiger partial charge in [-0.2, -0.15) is 0 Å². The number of amides is 1. The number of carbonyl (C=O) groups excluding carboxylic acids is 5. The smallest absolute Gasteiger partial charge is 0.235 e. The number of hydrogen-bond acceptors (Lipinski definition) is 6. The minimum Gasteiger partial charge on any atom is -0.369 e. The monoisotopic (exact) mass is 332 g/mol. The summed E-state index contributed by atoms with van der Waals surface area (Å²) in [5.74, 6) is -7.33. The zero-order chi connectivity index (χ0) is 17.8. The third-order valence-corrected chi connectivity index (χ3v) is 5.48. The Morgan fingerprint density at radius 1 is 1.08 bits per heavy atom. The number of Topliss-reactive ketones (excluding diaryl/α,β-unsaturated/α-hetero) is 4. The van der Waals surface area contributed by atoms with E-state index in [-0.39, 0.29) is 18.1 Å². The van der Waals surface area contributed by atoms with Crippen molar-refractivity contribution in [3.05, 3.63) is 12.2 Å². The fourth-order valence-corrected chi connectivity index (χ4v) is 4.56. The molecule has 1 amide bonds. The van der Waals surface area contributed by atoms with Crippen LogP contribution >= 0.6 is 0 Å². The Bertz CT molecular complexity index is 680. The van der Waals surface area contributed by atoms with Crippen LogP contribution < -0.4 is 5.73 Å². The van der Waals surface area contributed by atoms with Crippen LogP contribution in [0.25, 0.3) is 0 Å². The molecule has 0 spiro atoms. The summed E-state index contributed by atoms with van der Waals surface area (Å²) in [7, 11) is 3.35. The highest BCUT2D eigenvalue weighted by Gasteiger charge is 2.60. The van der Waals surface area contributed by atoms with E-state index in [2.05, 4.69) is 0 Å². The Kier molecular flexibility index (Phi) is 3.99. The molecular weight excluding hydrogens is 312 g/mol. The predicted molar refractivity (Wildman–Crippen MR) is 82.5 cm³/mol. The molecule has 0 aromatic carbocycles. The number of rotatable bonds is 2. The number of primary amides is 1. The van der Waals surface area contributed by atoms with E-state index in [0.29, 0.717) is 6.42 Å². The van der Waals surface area contributed by atoms with Gasteiger partial charge in [0.25, 0.3) is 0 Å². The fourth-order valence-electron chi connectivity index (χ4n) is 4.56. The lowest BCUT2D eigenvalue weighted by Crippen LogP contribution is -2.64. The van der Waals surface area contributed by atoms with Gasteiger partial charge in [-0.05, 0) is 32.4 Å². The summed E-state index contributed by atoms with van der Waals surface area (Å²) in [6, 6.07) is -0.736. The molecule has 0 aromatic rings. The van der Waals surface area contributed by atoms with Crippen molar-refractivity contribution in [3.8, 4) is 0 Å². The van der Waals surface area contributed by atoms with Crippen molar-refractivity contribution in [2.75, 3.05) is 14.1 Å². The van der Waals surface area contributed by atoms with Gasteiger partial charge in [-0.1, -0.05) is 12.2 Å². The fraction of sp³-hybridized carbons (Fsp3) is 0.588. The minimum absolute atomic E-state index is 0.174. The molecule has 2 saturated carbocycles. The van der Waals surface area contributed by atoms with E-state index in [9.17, 15) is 24.0 Å². The van der Waals surface area contributed by atoms with Crippen LogP contribution in [0.5, 0.6) is 0 Å². The molecule has 3 aliphatic rings. The topological polar surface area (TPSA) is 115 Å². The van der Waals surface area contributed by atoms with Crippen LogP contribution in [-0.4, -0.2) is 54.1 Å². The number of nitrogens with zero attached hydrogens (tertiary/aromatic N) is 1. The predicted octanol–water partition coefficient (Wildman–Crippen LogP) is -0.863. The van der Waals surface area contributed by atoms with Crippen LogP contribution in [-0.2, 0) is 24.0 Å². The molecule has 7 heteroatoms. The summed E-state index contributed by atoms with van der Waals surface area (Å²) >= 11 is 0. The average Bonchev–Trinajstić information content (AvgIpc) is 2.45. The number of nitrogens with two attached hydrogens (primary N) is 1. The second-order valence-electron chi connectivity index (χ2n) is 7.07. The van der Waals surface area contributed by atoms with Crippen molar-refractivity contribution in [1.82, 2.24) is 4.90 Å². The Hall–Kier alpha value is -2.15. The minimum atomic E-state index is -1.60. The summed E-state index contributed by atoms with van der Waals surface area (Å²) in [5.41, 5.74) is 5.25. The Labute approximate surface area is 139 Å². The normalized spacial score (nSPS) is 39.0. The van der Waals surface area contributed by atoms with Gasteiger partial charge in [0.05, 0.1) is 17.9 Å². The molecule has 7 nitrogen and oxygen atoms in total. The van der Waals surface area contributed by atoms with Crippen LogP contribution in [0.4, 0.5) is 0 Å². The first-order chi connectivity index (χ1) is 11.3. The number of fused-ring (bicyclic) bond motifs is 2. The third kappa shape index (κ3) is 2.26. The largest absolute Gasteiger partial charge is 0.369 e. The number of hydrogen-bond donors (Lipinski definition) is 1. The molecule has 0 heterocycles. The summed E-state index contributed by atoms with van der Waals surface area (Å²) in [5, 5.41) is 0. The molecule has 3 rings (SSSR count). The lowest BCUT2D eigenvalue weighted by molar-refractivity contribution is -0.158. The molecule has 6 atom stereocenters. The van der Waals surface area contributed by atoms with Gasteiger partial charge in [0, 0.05) is 6.42 Å². The second-order valence-corrected chi connectivity index (χ2v) is 7.07. The first-order valence-electron chi connectivity index (χ1n) is 8.02. The van der Waals surface area contributed by atoms with Gasteiger partial charge in [0.2, 0.25) is 5.91 Å². The van der Waals surface area contributed by atoms with Crippen LogP contribution in [0.15, 0.2) is 12.2 Å². The first kappa shape index (κ1) is 16.7. The maximum absolute atomic E-state index is 12.9. The van der Waals surface area contributed by atoms with E-state index in [1.165, 1.54) is 0 Å². The molecule has 0 radical (unpaired) electrons. The lowest BCUT2D eigenvalue weighted by Gasteiger charge is -2.47. The summed E-state index contributed by atoms with van der Waals surface area (Å²) in [4.78, 5) is 63.7. The second kappa shape index (κ2) is 5.73. The van der Waals surface area contributed by atoms with Crippen molar-refractivity contribution in [2.24, 2.45) is 35.3 Å². The van der Waals surface area contributed by atoms with Gasteiger partial charge >= 0.3 is 0 Å². The van der Waals surface area contributed by atoms with Gasteiger partial charge in [-0.3, -0.25) is 28.9 Å². The van der Waals surface area contributed by atoms with Crippen LogP contribution in [0.3, 0.4) is 0 Å². The van der Waals surface area contributed by atoms with Crippen LogP contribution in [0.2, 0.25) is 0 Å². The SMILES string of the molecule is CN(C)[C@@H]1C(=O)C(C(N)=O)C(=O)C2C(=O)C3C(=O)CC=CC3CC21. The molecule has 3 aliphatic carbocycles. The Morgan fingerprint density at radius 2 is 1.75 bits per heavy atom. The van der Waals surface area contributed by atoms with Crippen LogP contribution in [0.1, 0.15) is 12.8 Å². The molecular formula is C17H20N2O5. The molecule has 5 unspecified atom stereocenters. The number of likely N-dealkylation sites (N-methyl/N-ethyl adjacent to an activating group) is 1. The highest BCUT2D eigenvalue weighted by atomic mass is 16.2. The van der Waals surface area contributed by atoms with Crippen molar-refractivity contribution < 1.29 is 24.0 Å². The molecule has 128 valence electrons. The van der Waals surface area contributed by atoms with Gasteiger partial charge in [0.1, 0.15) is 5.78 Å². The van der Waals surface area contributed by atoms with Crippen molar-refractivity contribution >= 4 is 29.0 Å². The van der Waals surface area contributed by atoms with Gasteiger partial charge in [0.15, 0.2) is 23.3 Å². The van der Waals surface area contributed by atoms with E-state index in [4.69, 9.17) is 5.73 Å². The van der Waals surface area contributed by atoms with Crippen LogP contribution in [0, 0.1) is 29.6 Å². The number of allylic oxidation sites excluding steroid dienone is 2. The van der Waals surface area contributed by atoms with E-state index in [1.807, 2.05) is 6.08 Å². The van der Waals surface area contributed by atoms with Crippen molar-refractivity contribution in [3.63, 3.8) is 0 Å². The molecule has 0 saturated heterocycles. The van der Waals surface area contributed by atoms with E-state index < -0.39 is 53.0 Å². The highest BCUT2D eigenvalue weighted by Crippen LogP contribution is 2.45. The van der Waals surface area contributed by atoms with Crippen molar-refractivity contribution in [1.29, 1.82) is 0 Å². The Balaban J connectivity index is 2.08. The number of ketones is 4. The lowest BCUT2D eigenvalue weighted by atomic mass is 9.56. The standard InChI is InChI=1S/C17H20N2O5/c1-19(2)13-8-6-7-4-3-5-9(20)10(7)14(21)11(8)15(22)12(16(13)23)17(18)24/h3-4,7-8,10-13H,5-6H2,1-2H3,(H2,18,24)/t7?,8?,10?,11?,12?,13-/m0/s1. The zero-order valence-electron chi connectivity index (χ0n) is 13.6. The summed E-state index contributed by atoms with van der Waals surface area (Å²) in [6.07, 6.45) is 4.14. The maximum atomic E-state index is 12.9. The summed E-state index contributed by atoms with van der Waals surface area (Å²) in [6.45, 7) is 0. The quantitative estimate of drug-likeness (QED) is 0.520. The summed E-state index contributed by atoms with van der Waals surface area (Å²) < 4.78 is 0. The first-order valence-corrected chi connectivity index (χ1v) is 8.02.